The predicted molar refractivity (Wildman–Crippen MR) is 73.9 cm³/mol. The Labute approximate surface area is 108 Å². The molecule has 0 fully saturated rings. The van der Waals surface area contributed by atoms with Crippen LogP contribution in [0.1, 0.15) is 17.5 Å². The summed E-state index contributed by atoms with van der Waals surface area (Å²) in [4.78, 5) is 11.3. The van der Waals surface area contributed by atoms with E-state index < -0.39 is 0 Å². The van der Waals surface area contributed by atoms with E-state index in [2.05, 4.69) is 28.1 Å². The third-order valence-electron chi connectivity index (χ3n) is 3.21. The van der Waals surface area contributed by atoms with Crippen LogP contribution in [-0.4, -0.2) is 32.6 Å². The SMILES string of the molecule is CNCCNCCc1ccc2c(c1)CCC(=O)N2. The van der Waals surface area contributed by atoms with Crippen molar-refractivity contribution in [1.29, 1.82) is 0 Å². The molecule has 2 rings (SSSR count). The highest BCUT2D eigenvalue weighted by atomic mass is 16.1. The monoisotopic (exact) mass is 247 g/mol. The lowest BCUT2D eigenvalue weighted by Crippen LogP contribution is -2.26. The number of likely N-dealkylation sites (N-methyl/N-ethyl adjacent to an activating group) is 1. The van der Waals surface area contributed by atoms with Gasteiger partial charge in [-0.1, -0.05) is 12.1 Å². The van der Waals surface area contributed by atoms with Crippen LogP contribution in [0.2, 0.25) is 0 Å². The van der Waals surface area contributed by atoms with Crippen LogP contribution in [-0.2, 0) is 17.6 Å². The summed E-state index contributed by atoms with van der Waals surface area (Å²) in [6.45, 7) is 2.99. The van der Waals surface area contributed by atoms with Crippen LogP contribution in [0.15, 0.2) is 18.2 Å². The molecule has 4 heteroatoms. The van der Waals surface area contributed by atoms with Gasteiger partial charge in [0, 0.05) is 25.2 Å². The van der Waals surface area contributed by atoms with Gasteiger partial charge in [0.1, 0.15) is 0 Å². The minimum Gasteiger partial charge on any atom is -0.326 e. The van der Waals surface area contributed by atoms with Crippen LogP contribution in [0.5, 0.6) is 0 Å². The highest BCUT2D eigenvalue weighted by Gasteiger charge is 2.14. The van der Waals surface area contributed by atoms with Crippen LogP contribution in [0.4, 0.5) is 5.69 Å². The van der Waals surface area contributed by atoms with Gasteiger partial charge in [0.25, 0.3) is 0 Å². The fourth-order valence-electron chi connectivity index (χ4n) is 2.16. The Morgan fingerprint density at radius 1 is 1.22 bits per heavy atom. The first-order chi connectivity index (χ1) is 8.79. The number of carbonyl (C=O) groups excluding carboxylic acids is 1. The normalized spacial score (nSPS) is 14.2. The summed E-state index contributed by atoms with van der Waals surface area (Å²) in [5.41, 5.74) is 3.59. The van der Waals surface area contributed by atoms with Crippen molar-refractivity contribution < 1.29 is 4.79 Å². The van der Waals surface area contributed by atoms with E-state index in [1.807, 2.05) is 13.1 Å². The minimum atomic E-state index is 0.129. The Kier molecular flexibility index (Phi) is 4.73. The topological polar surface area (TPSA) is 53.2 Å². The summed E-state index contributed by atoms with van der Waals surface area (Å²) >= 11 is 0. The highest BCUT2D eigenvalue weighted by molar-refractivity contribution is 5.93. The first kappa shape index (κ1) is 13.1. The van der Waals surface area contributed by atoms with Gasteiger partial charge in [-0.3, -0.25) is 4.79 Å². The van der Waals surface area contributed by atoms with Gasteiger partial charge in [-0.15, -0.1) is 0 Å². The van der Waals surface area contributed by atoms with Crippen LogP contribution in [0.3, 0.4) is 0 Å². The molecule has 1 heterocycles. The number of rotatable bonds is 6. The summed E-state index contributed by atoms with van der Waals surface area (Å²) in [5, 5.41) is 9.41. The van der Waals surface area contributed by atoms with Gasteiger partial charge in [0.2, 0.25) is 5.91 Å². The number of hydrogen-bond acceptors (Lipinski definition) is 3. The second-order valence-electron chi connectivity index (χ2n) is 4.64. The van der Waals surface area contributed by atoms with Gasteiger partial charge in [0.15, 0.2) is 0 Å². The number of amides is 1. The number of nitrogens with one attached hydrogen (secondary N) is 3. The Morgan fingerprint density at radius 3 is 2.94 bits per heavy atom. The third kappa shape index (κ3) is 3.55. The van der Waals surface area contributed by atoms with E-state index in [1.54, 1.807) is 0 Å². The van der Waals surface area contributed by atoms with Crippen molar-refractivity contribution in [3.05, 3.63) is 29.3 Å². The molecule has 18 heavy (non-hydrogen) atoms. The number of benzene rings is 1. The van der Waals surface area contributed by atoms with Gasteiger partial charge in [-0.05, 0) is 43.6 Å². The van der Waals surface area contributed by atoms with Gasteiger partial charge in [0.05, 0.1) is 0 Å². The first-order valence-electron chi connectivity index (χ1n) is 6.56. The molecule has 0 aromatic heterocycles. The Bertz CT molecular complexity index is 418. The van der Waals surface area contributed by atoms with Crippen molar-refractivity contribution in [3.63, 3.8) is 0 Å². The highest BCUT2D eigenvalue weighted by Crippen LogP contribution is 2.23. The number of carbonyl (C=O) groups is 1. The zero-order chi connectivity index (χ0) is 12.8. The fraction of sp³-hybridized carbons (Fsp3) is 0.500. The molecular weight excluding hydrogens is 226 g/mol. The third-order valence-corrected chi connectivity index (χ3v) is 3.21. The lowest BCUT2D eigenvalue weighted by Gasteiger charge is -2.17. The molecule has 98 valence electrons. The van der Waals surface area contributed by atoms with Crippen LogP contribution in [0, 0.1) is 0 Å². The molecule has 3 N–H and O–H groups in total. The Hall–Kier alpha value is -1.39. The fourth-order valence-corrected chi connectivity index (χ4v) is 2.16. The van der Waals surface area contributed by atoms with Crippen molar-refractivity contribution in [2.45, 2.75) is 19.3 Å². The molecular formula is C14H21N3O. The molecule has 0 spiro atoms. The van der Waals surface area contributed by atoms with E-state index >= 15 is 0 Å². The molecule has 0 aliphatic carbocycles. The maximum atomic E-state index is 11.3. The molecule has 1 aromatic rings. The predicted octanol–water partition coefficient (Wildman–Crippen LogP) is 0.923. The first-order valence-corrected chi connectivity index (χ1v) is 6.56. The van der Waals surface area contributed by atoms with Crippen molar-refractivity contribution in [2.24, 2.45) is 0 Å². The second-order valence-corrected chi connectivity index (χ2v) is 4.64. The number of aryl methyl sites for hydroxylation is 1. The lowest BCUT2D eigenvalue weighted by molar-refractivity contribution is -0.116. The number of anilines is 1. The molecule has 0 saturated carbocycles. The summed E-state index contributed by atoms with van der Waals surface area (Å²) in [7, 11) is 1.96. The van der Waals surface area contributed by atoms with Crippen molar-refractivity contribution in [3.8, 4) is 0 Å². The minimum absolute atomic E-state index is 0.129. The summed E-state index contributed by atoms with van der Waals surface area (Å²) in [6, 6.07) is 6.34. The molecule has 1 amide bonds. The van der Waals surface area contributed by atoms with E-state index in [4.69, 9.17) is 0 Å². The average Bonchev–Trinajstić information content (AvgIpc) is 2.38. The molecule has 0 atom stereocenters. The van der Waals surface area contributed by atoms with Crippen molar-refractivity contribution >= 4 is 11.6 Å². The second kappa shape index (κ2) is 6.52. The summed E-state index contributed by atoms with van der Waals surface area (Å²) < 4.78 is 0. The molecule has 0 radical (unpaired) electrons. The Morgan fingerprint density at radius 2 is 2.11 bits per heavy atom. The van der Waals surface area contributed by atoms with E-state index in [1.165, 1.54) is 11.1 Å². The number of hydrogen-bond donors (Lipinski definition) is 3. The molecule has 1 aliphatic heterocycles. The van der Waals surface area contributed by atoms with Gasteiger partial charge >= 0.3 is 0 Å². The van der Waals surface area contributed by atoms with E-state index in [9.17, 15) is 4.79 Å². The largest absolute Gasteiger partial charge is 0.326 e. The van der Waals surface area contributed by atoms with Gasteiger partial charge in [-0.2, -0.15) is 0 Å². The molecule has 4 nitrogen and oxygen atoms in total. The lowest BCUT2D eigenvalue weighted by atomic mass is 9.99. The molecule has 1 aliphatic rings. The van der Waals surface area contributed by atoms with E-state index in [0.717, 1.165) is 38.2 Å². The van der Waals surface area contributed by atoms with Gasteiger partial charge in [-0.25, -0.2) is 0 Å². The maximum absolute atomic E-state index is 11.3. The smallest absolute Gasteiger partial charge is 0.224 e. The molecule has 1 aromatic carbocycles. The average molecular weight is 247 g/mol. The summed E-state index contributed by atoms with van der Waals surface area (Å²) in [6.07, 6.45) is 2.50. The maximum Gasteiger partial charge on any atom is 0.224 e. The van der Waals surface area contributed by atoms with E-state index in [0.29, 0.717) is 6.42 Å². The van der Waals surface area contributed by atoms with Crippen LogP contribution < -0.4 is 16.0 Å². The van der Waals surface area contributed by atoms with E-state index in [-0.39, 0.29) is 5.91 Å². The summed E-state index contributed by atoms with van der Waals surface area (Å²) in [5.74, 6) is 0.129. The van der Waals surface area contributed by atoms with Crippen LogP contribution in [0.25, 0.3) is 0 Å². The van der Waals surface area contributed by atoms with Crippen molar-refractivity contribution in [1.82, 2.24) is 10.6 Å². The van der Waals surface area contributed by atoms with Gasteiger partial charge < -0.3 is 16.0 Å². The zero-order valence-corrected chi connectivity index (χ0v) is 10.9. The molecule has 0 saturated heterocycles. The van der Waals surface area contributed by atoms with Crippen molar-refractivity contribution in [2.75, 3.05) is 32.0 Å². The standard InChI is InChI=1S/C14H21N3O/c1-15-8-9-16-7-6-11-2-4-13-12(10-11)3-5-14(18)17-13/h2,4,10,15-16H,3,5-9H2,1H3,(H,17,18). The zero-order valence-electron chi connectivity index (χ0n) is 10.9. The Balaban J connectivity index is 1.85. The molecule has 0 bridgehead atoms. The quantitative estimate of drug-likeness (QED) is 0.655. The number of fused-ring (bicyclic) bond motifs is 1. The van der Waals surface area contributed by atoms with Crippen LogP contribution >= 0.6 is 0 Å². The molecule has 0 unspecified atom stereocenters.